The van der Waals surface area contributed by atoms with Crippen LogP contribution in [0.4, 0.5) is 0 Å². The minimum atomic E-state index is 0.500. The number of hydrogen-bond donors (Lipinski definition) is 1. The van der Waals surface area contributed by atoms with E-state index in [0.29, 0.717) is 6.10 Å². The third kappa shape index (κ3) is 4.09. The number of nitrogens with one attached hydrogen (secondary N) is 1. The van der Waals surface area contributed by atoms with Crippen LogP contribution in [0.25, 0.3) is 0 Å². The molecule has 0 unspecified atom stereocenters. The molecule has 0 saturated heterocycles. The Labute approximate surface area is 103 Å². The molecule has 0 atom stereocenters. The Kier molecular flexibility index (Phi) is 4.94. The fourth-order valence-corrected chi connectivity index (χ4v) is 2.20. The highest BCUT2D eigenvalue weighted by molar-refractivity contribution is 4.82. The largest absolute Gasteiger partial charge is 0.377 e. The van der Waals surface area contributed by atoms with Gasteiger partial charge in [-0.2, -0.15) is 0 Å². The van der Waals surface area contributed by atoms with E-state index < -0.39 is 0 Å². The molecule has 0 spiro atoms. The lowest BCUT2D eigenvalue weighted by molar-refractivity contribution is 0.0301. The minimum absolute atomic E-state index is 0.500. The fraction of sp³-hybridized carbons (Fsp3) is 0.833. The molecule has 1 N–H and O–H groups in total. The second-order valence-corrected chi connectivity index (χ2v) is 4.67. The van der Waals surface area contributed by atoms with Crippen molar-refractivity contribution in [2.75, 3.05) is 13.2 Å². The molecule has 1 aliphatic carbocycles. The first kappa shape index (κ1) is 12.5. The average Bonchev–Trinajstić information content (AvgIpc) is 2.76. The molecule has 0 aromatic carbocycles. The minimum Gasteiger partial charge on any atom is -0.377 e. The van der Waals surface area contributed by atoms with Gasteiger partial charge in [-0.1, -0.05) is 19.3 Å². The van der Waals surface area contributed by atoms with E-state index >= 15 is 0 Å². The van der Waals surface area contributed by atoms with Gasteiger partial charge in [0.05, 0.1) is 19.3 Å². The van der Waals surface area contributed by atoms with Crippen molar-refractivity contribution in [1.29, 1.82) is 0 Å². The summed E-state index contributed by atoms with van der Waals surface area (Å²) in [6.45, 7) is 2.43. The lowest BCUT2D eigenvalue weighted by Crippen LogP contribution is -2.25. The molecule has 1 heterocycles. The quantitative estimate of drug-likeness (QED) is 0.758. The third-order valence-corrected chi connectivity index (χ3v) is 3.27. The zero-order chi connectivity index (χ0) is 11.9. The summed E-state index contributed by atoms with van der Waals surface area (Å²) in [5.74, 6) is 0.961. The highest BCUT2D eigenvalue weighted by Gasteiger charge is 2.12. The van der Waals surface area contributed by atoms with Crippen molar-refractivity contribution in [1.82, 2.24) is 20.1 Å². The van der Waals surface area contributed by atoms with E-state index in [2.05, 4.69) is 15.5 Å². The maximum absolute atomic E-state index is 5.83. The summed E-state index contributed by atoms with van der Waals surface area (Å²) in [7, 11) is 1.95. The zero-order valence-electron chi connectivity index (χ0n) is 10.6. The van der Waals surface area contributed by atoms with Crippen molar-refractivity contribution < 1.29 is 4.74 Å². The van der Waals surface area contributed by atoms with Gasteiger partial charge in [0.1, 0.15) is 12.2 Å². The lowest BCUT2D eigenvalue weighted by atomic mass is 9.98. The normalized spacial score (nSPS) is 17.5. The number of nitrogens with zero attached hydrogens (tertiary/aromatic N) is 3. The van der Waals surface area contributed by atoms with Crippen LogP contribution in [-0.4, -0.2) is 34.0 Å². The van der Waals surface area contributed by atoms with Crippen molar-refractivity contribution in [3.8, 4) is 0 Å². The first-order valence-electron chi connectivity index (χ1n) is 6.51. The van der Waals surface area contributed by atoms with Crippen LogP contribution in [0.2, 0.25) is 0 Å². The van der Waals surface area contributed by atoms with Crippen LogP contribution in [0.1, 0.15) is 37.9 Å². The molecule has 2 rings (SSSR count). The molecule has 1 aromatic heterocycles. The first-order chi connectivity index (χ1) is 8.36. The smallest absolute Gasteiger partial charge is 0.146 e. The van der Waals surface area contributed by atoms with E-state index in [1.165, 1.54) is 32.1 Å². The summed E-state index contributed by atoms with van der Waals surface area (Å²) in [5.41, 5.74) is 0. The van der Waals surface area contributed by atoms with E-state index in [1.807, 2.05) is 11.6 Å². The highest BCUT2D eigenvalue weighted by atomic mass is 16.5. The van der Waals surface area contributed by atoms with E-state index in [4.69, 9.17) is 4.74 Å². The number of rotatable bonds is 6. The van der Waals surface area contributed by atoms with Gasteiger partial charge in [0.15, 0.2) is 0 Å². The number of hydrogen-bond acceptors (Lipinski definition) is 4. The van der Waals surface area contributed by atoms with Crippen LogP contribution < -0.4 is 5.32 Å². The van der Waals surface area contributed by atoms with Gasteiger partial charge in [-0.25, -0.2) is 0 Å². The van der Waals surface area contributed by atoms with Gasteiger partial charge in [-0.3, -0.25) is 0 Å². The molecule has 0 amide bonds. The molecule has 1 aliphatic rings. The number of aromatic nitrogens is 3. The molecule has 0 bridgehead atoms. The van der Waals surface area contributed by atoms with E-state index in [9.17, 15) is 0 Å². The fourth-order valence-electron chi connectivity index (χ4n) is 2.20. The van der Waals surface area contributed by atoms with Gasteiger partial charge in [0.2, 0.25) is 0 Å². The Morgan fingerprint density at radius 3 is 2.94 bits per heavy atom. The Hall–Kier alpha value is -0.940. The van der Waals surface area contributed by atoms with E-state index in [-0.39, 0.29) is 0 Å². The molecular weight excluding hydrogens is 216 g/mol. The summed E-state index contributed by atoms with van der Waals surface area (Å²) in [6, 6.07) is 0. The van der Waals surface area contributed by atoms with Gasteiger partial charge in [-0.05, 0) is 12.8 Å². The van der Waals surface area contributed by atoms with Crippen LogP contribution >= 0.6 is 0 Å². The lowest BCUT2D eigenvalue weighted by Gasteiger charge is -2.21. The predicted molar refractivity (Wildman–Crippen MR) is 65.5 cm³/mol. The van der Waals surface area contributed by atoms with Crippen LogP contribution in [-0.2, 0) is 18.3 Å². The average molecular weight is 238 g/mol. The molecule has 17 heavy (non-hydrogen) atoms. The Morgan fingerprint density at radius 1 is 1.41 bits per heavy atom. The molecule has 0 radical (unpaired) electrons. The van der Waals surface area contributed by atoms with Crippen LogP contribution in [0.3, 0.4) is 0 Å². The molecule has 1 saturated carbocycles. The number of aryl methyl sites for hydroxylation is 1. The van der Waals surface area contributed by atoms with Crippen LogP contribution in [0.5, 0.6) is 0 Å². The maximum atomic E-state index is 5.83. The summed E-state index contributed by atoms with van der Waals surface area (Å²) in [4.78, 5) is 0. The zero-order valence-corrected chi connectivity index (χ0v) is 10.6. The highest BCUT2D eigenvalue weighted by Crippen LogP contribution is 2.19. The van der Waals surface area contributed by atoms with Gasteiger partial charge in [-0.15, -0.1) is 10.2 Å². The van der Waals surface area contributed by atoms with Gasteiger partial charge >= 0.3 is 0 Å². The van der Waals surface area contributed by atoms with Crippen LogP contribution in [0.15, 0.2) is 6.33 Å². The first-order valence-corrected chi connectivity index (χ1v) is 6.51. The van der Waals surface area contributed by atoms with Crippen LogP contribution in [0, 0.1) is 0 Å². The van der Waals surface area contributed by atoms with E-state index in [0.717, 1.165) is 25.5 Å². The SMILES string of the molecule is Cn1cnnc1CNCCOC1CCCCC1. The molecule has 96 valence electrons. The standard InChI is InChI=1S/C12H22N4O/c1-16-10-14-15-12(16)9-13-7-8-17-11-5-3-2-4-6-11/h10-11,13H,2-9H2,1H3. The third-order valence-electron chi connectivity index (χ3n) is 3.27. The molecular formula is C12H22N4O. The van der Waals surface area contributed by atoms with E-state index in [1.54, 1.807) is 6.33 Å². The maximum Gasteiger partial charge on any atom is 0.146 e. The molecule has 1 aromatic rings. The summed E-state index contributed by atoms with van der Waals surface area (Å²) < 4.78 is 7.75. The molecule has 0 aliphatic heterocycles. The second-order valence-electron chi connectivity index (χ2n) is 4.67. The summed E-state index contributed by atoms with van der Waals surface area (Å²) in [5, 5.41) is 11.2. The van der Waals surface area contributed by atoms with Gasteiger partial charge < -0.3 is 14.6 Å². The molecule has 5 heteroatoms. The van der Waals surface area contributed by atoms with Crippen molar-refractivity contribution in [3.63, 3.8) is 0 Å². The predicted octanol–water partition coefficient (Wildman–Crippen LogP) is 1.25. The van der Waals surface area contributed by atoms with Gasteiger partial charge in [0, 0.05) is 13.6 Å². The molecule has 5 nitrogen and oxygen atoms in total. The van der Waals surface area contributed by atoms with Crippen molar-refractivity contribution in [3.05, 3.63) is 12.2 Å². The molecule has 1 fully saturated rings. The monoisotopic (exact) mass is 238 g/mol. The Balaban J connectivity index is 1.53. The topological polar surface area (TPSA) is 52.0 Å². The summed E-state index contributed by atoms with van der Waals surface area (Å²) in [6.07, 6.45) is 8.74. The number of ether oxygens (including phenoxy) is 1. The van der Waals surface area contributed by atoms with Gasteiger partial charge in [0.25, 0.3) is 0 Å². The van der Waals surface area contributed by atoms with Crippen molar-refractivity contribution in [2.24, 2.45) is 7.05 Å². The summed E-state index contributed by atoms with van der Waals surface area (Å²) >= 11 is 0. The Morgan fingerprint density at radius 2 is 2.24 bits per heavy atom. The van der Waals surface area contributed by atoms with Crippen molar-refractivity contribution in [2.45, 2.75) is 44.8 Å². The van der Waals surface area contributed by atoms with Crippen molar-refractivity contribution >= 4 is 0 Å². The second kappa shape index (κ2) is 6.71. The Bertz CT molecular complexity index is 320.